The number of rotatable bonds is 10. The van der Waals surface area contributed by atoms with E-state index in [0.29, 0.717) is 30.8 Å². The molecule has 2 amide bonds. The molecular formula is C20H23F2N3O4. The number of ether oxygens (including phenoxy) is 1. The Morgan fingerprint density at radius 2 is 1.83 bits per heavy atom. The molecule has 2 aromatic rings. The molecule has 0 saturated heterocycles. The van der Waals surface area contributed by atoms with Crippen molar-refractivity contribution in [2.24, 2.45) is 5.73 Å². The summed E-state index contributed by atoms with van der Waals surface area (Å²) in [6.45, 7) is 0.378. The van der Waals surface area contributed by atoms with Gasteiger partial charge in [0.1, 0.15) is 30.0 Å². The van der Waals surface area contributed by atoms with Crippen LogP contribution in [0.15, 0.2) is 42.5 Å². The number of unbranched alkanes of at least 4 members (excludes halogenated alkanes) is 1. The maximum absolute atomic E-state index is 13.6. The van der Waals surface area contributed by atoms with E-state index in [1.165, 1.54) is 6.07 Å². The Balaban J connectivity index is 1.85. The van der Waals surface area contributed by atoms with Crippen molar-refractivity contribution in [3.63, 3.8) is 0 Å². The lowest BCUT2D eigenvalue weighted by Gasteiger charge is -2.15. The van der Waals surface area contributed by atoms with Crippen molar-refractivity contribution < 1.29 is 28.2 Å². The Labute approximate surface area is 166 Å². The van der Waals surface area contributed by atoms with Crippen LogP contribution >= 0.6 is 0 Å². The van der Waals surface area contributed by atoms with E-state index >= 15 is 0 Å². The van der Waals surface area contributed by atoms with Crippen LogP contribution in [-0.4, -0.2) is 29.7 Å². The first-order chi connectivity index (χ1) is 13.9. The standard InChI is InChI=1S/C20H23F2N3O4/c21-14-5-4-13(17(22)11-14)12-29-16-8-6-15(7-9-16)24-20(28)25-18(19(26)27)3-1-2-10-23/h4-9,11,18H,1-3,10,12,23H2,(H,26,27)(H2,24,25,28). The minimum Gasteiger partial charge on any atom is -0.489 e. The highest BCUT2D eigenvalue weighted by Gasteiger charge is 2.19. The van der Waals surface area contributed by atoms with Gasteiger partial charge in [0.05, 0.1) is 0 Å². The quantitative estimate of drug-likeness (QED) is 0.452. The molecule has 0 heterocycles. The summed E-state index contributed by atoms with van der Waals surface area (Å²) in [7, 11) is 0. The molecule has 0 aliphatic heterocycles. The molecule has 0 aliphatic rings. The number of anilines is 1. The zero-order valence-electron chi connectivity index (χ0n) is 15.7. The maximum Gasteiger partial charge on any atom is 0.326 e. The van der Waals surface area contributed by atoms with Gasteiger partial charge in [-0.25, -0.2) is 18.4 Å². The van der Waals surface area contributed by atoms with Crippen LogP contribution in [0.3, 0.4) is 0 Å². The lowest BCUT2D eigenvalue weighted by molar-refractivity contribution is -0.139. The summed E-state index contributed by atoms with van der Waals surface area (Å²) in [6.07, 6.45) is 1.55. The van der Waals surface area contributed by atoms with Crippen molar-refractivity contribution in [3.8, 4) is 5.75 Å². The van der Waals surface area contributed by atoms with Crippen molar-refractivity contribution >= 4 is 17.7 Å². The second-order valence-electron chi connectivity index (χ2n) is 6.32. The number of aliphatic carboxylic acids is 1. The molecule has 0 aromatic heterocycles. The Kier molecular flexibility index (Phi) is 8.35. The highest BCUT2D eigenvalue weighted by Crippen LogP contribution is 2.18. The number of nitrogens with two attached hydrogens (primary N) is 1. The molecule has 0 fully saturated rings. The highest BCUT2D eigenvalue weighted by molar-refractivity contribution is 5.92. The van der Waals surface area contributed by atoms with E-state index in [0.717, 1.165) is 12.1 Å². The molecular weight excluding hydrogens is 384 g/mol. The van der Waals surface area contributed by atoms with Crippen LogP contribution < -0.4 is 21.1 Å². The van der Waals surface area contributed by atoms with E-state index in [-0.39, 0.29) is 18.6 Å². The van der Waals surface area contributed by atoms with Crippen LogP contribution in [0.2, 0.25) is 0 Å². The molecule has 2 rings (SSSR count). The smallest absolute Gasteiger partial charge is 0.326 e. The van der Waals surface area contributed by atoms with E-state index in [4.69, 9.17) is 10.5 Å². The number of hydrogen-bond donors (Lipinski definition) is 4. The van der Waals surface area contributed by atoms with Crippen LogP contribution in [0.25, 0.3) is 0 Å². The Morgan fingerprint density at radius 3 is 2.45 bits per heavy atom. The fourth-order valence-electron chi connectivity index (χ4n) is 2.51. The van der Waals surface area contributed by atoms with E-state index in [1.54, 1.807) is 24.3 Å². The molecule has 156 valence electrons. The molecule has 2 aromatic carbocycles. The van der Waals surface area contributed by atoms with Gasteiger partial charge < -0.3 is 26.2 Å². The number of nitrogens with one attached hydrogen (secondary N) is 2. The Bertz CT molecular complexity index is 831. The second kappa shape index (κ2) is 11.0. The summed E-state index contributed by atoms with van der Waals surface area (Å²) in [5.74, 6) is -2.05. The van der Waals surface area contributed by atoms with Crippen LogP contribution in [0.5, 0.6) is 5.75 Å². The first kappa shape index (κ1) is 22.1. The average molecular weight is 407 g/mol. The van der Waals surface area contributed by atoms with Crippen molar-refractivity contribution in [1.29, 1.82) is 0 Å². The van der Waals surface area contributed by atoms with Crippen molar-refractivity contribution in [1.82, 2.24) is 5.32 Å². The molecule has 1 atom stereocenters. The highest BCUT2D eigenvalue weighted by atomic mass is 19.1. The second-order valence-corrected chi connectivity index (χ2v) is 6.32. The first-order valence-electron chi connectivity index (χ1n) is 9.06. The normalized spacial score (nSPS) is 11.6. The molecule has 0 spiro atoms. The number of carboxylic acids is 1. The number of benzene rings is 2. The number of carboxylic acid groups (broad SMARTS) is 1. The van der Waals surface area contributed by atoms with E-state index in [9.17, 15) is 23.5 Å². The molecule has 9 heteroatoms. The maximum atomic E-state index is 13.6. The molecule has 5 N–H and O–H groups in total. The summed E-state index contributed by atoms with van der Waals surface area (Å²) >= 11 is 0. The van der Waals surface area contributed by atoms with Gasteiger partial charge in [-0.1, -0.05) is 0 Å². The predicted octanol–water partition coefficient (Wildman–Crippen LogP) is 3.25. The van der Waals surface area contributed by atoms with Crippen LogP contribution in [-0.2, 0) is 11.4 Å². The van der Waals surface area contributed by atoms with Crippen LogP contribution in [0.4, 0.5) is 19.3 Å². The largest absolute Gasteiger partial charge is 0.489 e. The van der Waals surface area contributed by atoms with Crippen LogP contribution in [0, 0.1) is 11.6 Å². The zero-order chi connectivity index (χ0) is 21.2. The SMILES string of the molecule is NCCCCC(NC(=O)Nc1ccc(OCc2ccc(F)cc2F)cc1)C(=O)O. The summed E-state index contributed by atoms with van der Waals surface area (Å²) in [6, 6.07) is 7.82. The van der Waals surface area contributed by atoms with Gasteiger partial charge in [-0.2, -0.15) is 0 Å². The van der Waals surface area contributed by atoms with Gasteiger partial charge in [0.2, 0.25) is 0 Å². The first-order valence-corrected chi connectivity index (χ1v) is 9.06. The van der Waals surface area contributed by atoms with E-state index in [1.807, 2.05) is 0 Å². The summed E-state index contributed by atoms with van der Waals surface area (Å²) in [5, 5.41) is 14.1. The summed E-state index contributed by atoms with van der Waals surface area (Å²) < 4.78 is 31.9. The van der Waals surface area contributed by atoms with Gasteiger partial charge in [-0.3, -0.25) is 0 Å². The third-order valence-corrected chi connectivity index (χ3v) is 4.07. The number of hydrogen-bond acceptors (Lipinski definition) is 4. The third-order valence-electron chi connectivity index (χ3n) is 4.07. The monoisotopic (exact) mass is 407 g/mol. The average Bonchev–Trinajstić information content (AvgIpc) is 2.67. The fraction of sp³-hybridized carbons (Fsp3) is 0.300. The number of carbonyl (C=O) groups excluding carboxylic acids is 1. The number of carbonyl (C=O) groups is 2. The molecule has 0 radical (unpaired) electrons. The zero-order valence-corrected chi connectivity index (χ0v) is 15.7. The minimum absolute atomic E-state index is 0.0809. The van der Waals surface area contributed by atoms with Gasteiger partial charge in [0.15, 0.2) is 0 Å². The third kappa shape index (κ3) is 7.38. The lowest BCUT2D eigenvalue weighted by atomic mass is 10.1. The van der Waals surface area contributed by atoms with E-state index < -0.39 is 29.7 Å². The van der Waals surface area contributed by atoms with Gasteiger partial charge in [0, 0.05) is 17.3 Å². The van der Waals surface area contributed by atoms with Gasteiger partial charge in [0.25, 0.3) is 0 Å². The van der Waals surface area contributed by atoms with E-state index in [2.05, 4.69) is 10.6 Å². The van der Waals surface area contributed by atoms with Crippen LogP contribution in [0.1, 0.15) is 24.8 Å². The number of urea groups is 1. The lowest BCUT2D eigenvalue weighted by Crippen LogP contribution is -2.43. The fourth-order valence-corrected chi connectivity index (χ4v) is 2.51. The number of halogens is 2. The Hall–Kier alpha value is -3.20. The molecule has 0 bridgehead atoms. The summed E-state index contributed by atoms with van der Waals surface area (Å²) in [4.78, 5) is 23.2. The molecule has 7 nitrogen and oxygen atoms in total. The molecule has 1 unspecified atom stereocenters. The van der Waals surface area contributed by atoms with Gasteiger partial charge in [-0.05, 0) is 62.2 Å². The number of amides is 2. The Morgan fingerprint density at radius 1 is 1.10 bits per heavy atom. The molecule has 29 heavy (non-hydrogen) atoms. The predicted molar refractivity (Wildman–Crippen MR) is 104 cm³/mol. The van der Waals surface area contributed by atoms with Crippen molar-refractivity contribution in [2.75, 3.05) is 11.9 Å². The van der Waals surface area contributed by atoms with Crippen molar-refractivity contribution in [3.05, 3.63) is 59.7 Å². The molecule has 0 aliphatic carbocycles. The van der Waals surface area contributed by atoms with Crippen molar-refractivity contribution in [2.45, 2.75) is 31.9 Å². The summed E-state index contributed by atoms with van der Waals surface area (Å²) in [5.41, 5.74) is 6.02. The minimum atomic E-state index is -1.12. The topological polar surface area (TPSA) is 114 Å². The van der Waals surface area contributed by atoms with Gasteiger partial charge >= 0.3 is 12.0 Å². The molecule has 0 saturated carbocycles. The van der Waals surface area contributed by atoms with Gasteiger partial charge in [-0.15, -0.1) is 0 Å².